The molecule has 0 saturated carbocycles. The van der Waals surface area contributed by atoms with Crippen LogP contribution in [-0.2, 0) is 11.8 Å². The van der Waals surface area contributed by atoms with Gasteiger partial charge in [-0.2, -0.15) is 5.10 Å². The van der Waals surface area contributed by atoms with Gasteiger partial charge >= 0.3 is 0 Å². The summed E-state index contributed by atoms with van der Waals surface area (Å²) >= 11 is 1.37. The number of nitrogens with zero attached hydrogens (tertiary/aromatic N) is 5. The minimum absolute atomic E-state index is 0.103. The number of anilines is 1. The number of hydrogen-bond donors (Lipinski definition) is 1. The maximum absolute atomic E-state index is 12.7. The molecule has 9 heteroatoms. The maximum atomic E-state index is 12.7. The van der Waals surface area contributed by atoms with Crippen molar-refractivity contribution in [1.29, 1.82) is 0 Å². The number of carbonyl (C=O) groups is 1. The third kappa shape index (κ3) is 4.61. The molecule has 1 N–H and O–H groups in total. The highest BCUT2D eigenvalue weighted by molar-refractivity contribution is 8.00. The molecule has 2 heterocycles. The molecule has 0 aliphatic carbocycles. The first-order chi connectivity index (χ1) is 13.9. The molecule has 1 aromatic carbocycles. The van der Waals surface area contributed by atoms with Crippen molar-refractivity contribution in [1.82, 2.24) is 24.5 Å². The Bertz CT molecular complexity index is 966. The summed E-state index contributed by atoms with van der Waals surface area (Å²) in [6.45, 7) is 6.01. The van der Waals surface area contributed by atoms with Crippen molar-refractivity contribution < 1.29 is 9.53 Å². The van der Waals surface area contributed by atoms with Crippen molar-refractivity contribution in [3.8, 4) is 17.1 Å². The standard InChI is InChI=1S/C20H26N6O2S/c1-6-13(2)26-17(11-12-21-26)22-19(27)14(3)29-20-24-23-18(25(20)4)15-7-9-16(28-5)10-8-15/h7-14H,6H2,1-5H3,(H,22,27)/t13-,14-/m0/s1. The van der Waals surface area contributed by atoms with Gasteiger partial charge in [-0.15, -0.1) is 10.2 Å². The third-order valence-corrected chi connectivity index (χ3v) is 5.90. The van der Waals surface area contributed by atoms with Crippen molar-refractivity contribution in [3.05, 3.63) is 36.5 Å². The lowest BCUT2D eigenvalue weighted by molar-refractivity contribution is -0.115. The lowest BCUT2D eigenvalue weighted by Gasteiger charge is -2.16. The monoisotopic (exact) mass is 414 g/mol. The normalized spacial score (nSPS) is 13.1. The first-order valence-electron chi connectivity index (χ1n) is 9.49. The van der Waals surface area contributed by atoms with Gasteiger partial charge in [0.2, 0.25) is 5.91 Å². The molecule has 8 nitrogen and oxygen atoms in total. The molecule has 0 saturated heterocycles. The summed E-state index contributed by atoms with van der Waals surface area (Å²) < 4.78 is 8.92. The fourth-order valence-electron chi connectivity index (χ4n) is 2.79. The van der Waals surface area contributed by atoms with E-state index < -0.39 is 0 Å². The number of amides is 1. The van der Waals surface area contributed by atoms with Crippen LogP contribution in [0.4, 0.5) is 5.82 Å². The Morgan fingerprint density at radius 3 is 2.59 bits per heavy atom. The fourth-order valence-corrected chi connectivity index (χ4v) is 3.60. The van der Waals surface area contributed by atoms with Crippen molar-refractivity contribution >= 4 is 23.5 Å². The molecule has 2 atom stereocenters. The van der Waals surface area contributed by atoms with E-state index in [-0.39, 0.29) is 17.2 Å². The van der Waals surface area contributed by atoms with Crippen molar-refractivity contribution in [3.63, 3.8) is 0 Å². The number of carbonyl (C=O) groups excluding carboxylic acids is 1. The van der Waals surface area contributed by atoms with Crippen LogP contribution in [0.2, 0.25) is 0 Å². The predicted octanol–water partition coefficient (Wildman–Crippen LogP) is 3.78. The van der Waals surface area contributed by atoms with Crippen LogP contribution in [0.5, 0.6) is 5.75 Å². The Morgan fingerprint density at radius 1 is 1.21 bits per heavy atom. The summed E-state index contributed by atoms with van der Waals surface area (Å²) in [5.41, 5.74) is 0.933. The summed E-state index contributed by atoms with van der Waals surface area (Å²) in [6, 6.07) is 9.66. The smallest absolute Gasteiger partial charge is 0.238 e. The Labute approximate surface area is 174 Å². The van der Waals surface area contributed by atoms with Gasteiger partial charge in [0.25, 0.3) is 0 Å². The molecule has 3 rings (SSSR count). The average molecular weight is 415 g/mol. The molecule has 2 aromatic heterocycles. The summed E-state index contributed by atoms with van der Waals surface area (Å²) in [6.07, 6.45) is 2.63. The molecule has 29 heavy (non-hydrogen) atoms. The van der Waals surface area contributed by atoms with Gasteiger partial charge in [-0.05, 0) is 44.5 Å². The van der Waals surface area contributed by atoms with Crippen LogP contribution >= 0.6 is 11.8 Å². The number of methoxy groups -OCH3 is 1. The largest absolute Gasteiger partial charge is 0.497 e. The van der Waals surface area contributed by atoms with Crippen molar-refractivity contribution in [2.24, 2.45) is 7.05 Å². The molecule has 0 radical (unpaired) electrons. The van der Waals surface area contributed by atoms with Crippen LogP contribution < -0.4 is 10.1 Å². The number of nitrogens with one attached hydrogen (secondary N) is 1. The van der Waals surface area contributed by atoms with Crippen molar-refractivity contribution in [2.75, 3.05) is 12.4 Å². The van der Waals surface area contributed by atoms with E-state index in [2.05, 4.69) is 34.5 Å². The van der Waals surface area contributed by atoms with E-state index in [9.17, 15) is 4.79 Å². The van der Waals surface area contributed by atoms with Gasteiger partial charge in [0.15, 0.2) is 11.0 Å². The van der Waals surface area contributed by atoms with E-state index >= 15 is 0 Å². The SMILES string of the molecule is CC[C@H](C)n1nccc1NC(=O)[C@H](C)Sc1nnc(-c2ccc(OC)cc2)n1C. The summed E-state index contributed by atoms with van der Waals surface area (Å²) in [5, 5.41) is 16.1. The summed E-state index contributed by atoms with van der Waals surface area (Å²) in [7, 11) is 3.53. The molecule has 3 aromatic rings. The van der Waals surface area contributed by atoms with Gasteiger partial charge in [-0.25, -0.2) is 4.68 Å². The maximum Gasteiger partial charge on any atom is 0.238 e. The molecule has 0 bridgehead atoms. The number of aromatic nitrogens is 5. The Morgan fingerprint density at radius 2 is 1.93 bits per heavy atom. The zero-order chi connectivity index (χ0) is 21.0. The van der Waals surface area contributed by atoms with E-state index in [1.165, 1.54) is 11.8 Å². The second-order valence-electron chi connectivity index (χ2n) is 6.76. The number of benzene rings is 1. The zero-order valence-corrected chi connectivity index (χ0v) is 18.1. The molecule has 0 fully saturated rings. The highest BCUT2D eigenvalue weighted by Gasteiger charge is 2.21. The molecule has 1 amide bonds. The Balaban J connectivity index is 1.69. The molecular weight excluding hydrogens is 388 g/mol. The molecule has 0 aliphatic rings. The fraction of sp³-hybridized carbons (Fsp3) is 0.400. The molecule has 0 spiro atoms. The minimum atomic E-state index is -0.345. The Kier molecular flexibility index (Phi) is 6.58. The highest BCUT2D eigenvalue weighted by Crippen LogP contribution is 2.27. The Hall–Kier alpha value is -2.81. The third-order valence-electron chi connectivity index (χ3n) is 4.76. The van der Waals surface area contributed by atoms with Crippen LogP contribution in [-0.4, -0.2) is 42.8 Å². The van der Waals surface area contributed by atoms with Crippen LogP contribution in [0, 0.1) is 0 Å². The number of rotatable bonds is 8. The average Bonchev–Trinajstić information content (AvgIpc) is 3.34. The van der Waals surface area contributed by atoms with Crippen LogP contribution in [0.25, 0.3) is 11.4 Å². The molecule has 0 aliphatic heterocycles. The lowest BCUT2D eigenvalue weighted by Crippen LogP contribution is -2.25. The van der Waals surface area contributed by atoms with Gasteiger partial charge in [-0.1, -0.05) is 18.7 Å². The second-order valence-corrected chi connectivity index (χ2v) is 8.07. The van der Waals surface area contributed by atoms with E-state index in [1.54, 1.807) is 13.3 Å². The van der Waals surface area contributed by atoms with E-state index in [1.807, 2.05) is 53.6 Å². The van der Waals surface area contributed by atoms with Crippen LogP contribution in [0.15, 0.2) is 41.7 Å². The van der Waals surface area contributed by atoms with Gasteiger partial charge in [0.1, 0.15) is 11.6 Å². The molecular formula is C20H26N6O2S. The molecule has 154 valence electrons. The van der Waals surface area contributed by atoms with E-state index in [4.69, 9.17) is 4.74 Å². The van der Waals surface area contributed by atoms with Gasteiger partial charge in [0, 0.05) is 18.7 Å². The summed E-state index contributed by atoms with van der Waals surface area (Å²) in [5.74, 6) is 2.12. The first-order valence-corrected chi connectivity index (χ1v) is 10.4. The lowest BCUT2D eigenvalue weighted by atomic mass is 10.2. The minimum Gasteiger partial charge on any atom is -0.497 e. The predicted molar refractivity (Wildman–Crippen MR) is 114 cm³/mol. The van der Waals surface area contributed by atoms with Gasteiger partial charge in [-0.3, -0.25) is 4.79 Å². The number of ether oxygens (including phenoxy) is 1. The van der Waals surface area contributed by atoms with Crippen molar-refractivity contribution in [2.45, 2.75) is 43.6 Å². The zero-order valence-electron chi connectivity index (χ0n) is 17.3. The second kappa shape index (κ2) is 9.13. The first kappa shape index (κ1) is 20.9. The number of thioether (sulfide) groups is 1. The topological polar surface area (TPSA) is 86.9 Å². The van der Waals surface area contributed by atoms with Gasteiger partial charge in [0.05, 0.1) is 24.6 Å². The van der Waals surface area contributed by atoms with Gasteiger partial charge < -0.3 is 14.6 Å². The van der Waals surface area contributed by atoms with Crippen LogP contribution in [0.3, 0.4) is 0 Å². The quantitative estimate of drug-likeness (QED) is 0.565. The summed E-state index contributed by atoms with van der Waals surface area (Å²) in [4.78, 5) is 12.7. The number of hydrogen-bond acceptors (Lipinski definition) is 6. The van der Waals surface area contributed by atoms with E-state index in [0.717, 1.165) is 23.6 Å². The highest BCUT2D eigenvalue weighted by atomic mass is 32.2. The van der Waals surface area contributed by atoms with Crippen LogP contribution in [0.1, 0.15) is 33.2 Å². The molecule has 0 unspecified atom stereocenters. The van der Waals surface area contributed by atoms with E-state index in [0.29, 0.717) is 11.0 Å².